The van der Waals surface area contributed by atoms with Gasteiger partial charge in [-0.05, 0) is 56.7 Å². The summed E-state index contributed by atoms with van der Waals surface area (Å²) in [5.74, 6) is -0.0488. The van der Waals surface area contributed by atoms with E-state index in [0.717, 1.165) is 16.6 Å². The van der Waals surface area contributed by atoms with Crippen molar-refractivity contribution in [3.63, 3.8) is 0 Å². The number of hydrogen-bond acceptors (Lipinski definition) is 4. The first-order valence-corrected chi connectivity index (χ1v) is 10.7. The van der Waals surface area contributed by atoms with Crippen LogP contribution in [0.1, 0.15) is 36.7 Å². The summed E-state index contributed by atoms with van der Waals surface area (Å²) in [4.78, 5) is 28.8. The third-order valence-electron chi connectivity index (χ3n) is 5.41. The Morgan fingerprint density at radius 1 is 1.10 bits per heavy atom. The summed E-state index contributed by atoms with van der Waals surface area (Å²) in [7, 11) is 0. The van der Waals surface area contributed by atoms with Crippen LogP contribution in [0.5, 0.6) is 5.75 Å². The van der Waals surface area contributed by atoms with E-state index in [1.54, 1.807) is 30.3 Å². The zero-order valence-corrected chi connectivity index (χ0v) is 19.0. The number of Topliss-reactive ketones (excluding diaryl/α,β-unsaturated/α-hetero) is 1. The Kier molecular flexibility index (Phi) is 7.26. The smallest absolute Gasteiger partial charge is 0.260 e. The van der Waals surface area contributed by atoms with Gasteiger partial charge in [0.15, 0.2) is 12.4 Å². The van der Waals surface area contributed by atoms with Crippen LogP contribution in [0.15, 0.2) is 46.9 Å². The van der Waals surface area contributed by atoms with Gasteiger partial charge in [0.05, 0.1) is 5.56 Å². The molecule has 2 atom stereocenters. The Morgan fingerprint density at radius 2 is 1.80 bits per heavy atom. The number of halogens is 2. The summed E-state index contributed by atoms with van der Waals surface area (Å²) in [5, 5.41) is 0. The number of amides is 1. The highest BCUT2D eigenvalue weighted by molar-refractivity contribution is 9.10. The second-order valence-corrected chi connectivity index (χ2v) is 8.70. The molecule has 7 heteroatoms. The van der Waals surface area contributed by atoms with Crippen molar-refractivity contribution in [2.24, 2.45) is 0 Å². The summed E-state index contributed by atoms with van der Waals surface area (Å²) >= 11 is 3.35. The minimum atomic E-state index is -0.241. The molecule has 2 aromatic rings. The van der Waals surface area contributed by atoms with Crippen LogP contribution in [0.3, 0.4) is 0 Å². The number of carbonyl (C=O) groups is 2. The van der Waals surface area contributed by atoms with Gasteiger partial charge in [-0.3, -0.25) is 14.5 Å². The van der Waals surface area contributed by atoms with E-state index in [9.17, 15) is 14.0 Å². The molecular weight excluding hydrogens is 451 g/mol. The Balaban J connectivity index is 1.60. The number of rotatable bonds is 6. The van der Waals surface area contributed by atoms with Gasteiger partial charge < -0.3 is 9.64 Å². The second-order valence-electron chi connectivity index (χ2n) is 7.79. The van der Waals surface area contributed by atoms with Crippen molar-refractivity contribution in [2.45, 2.75) is 39.4 Å². The molecule has 1 aliphatic heterocycles. The first-order valence-electron chi connectivity index (χ1n) is 9.96. The van der Waals surface area contributed by atoms with E-state index in [0.29, 0.717) is 24.4 Å². The fraction of sp³-hybridized carbons (Fsp3) is 0.391. The Labute approximate surface area is 184 Å². The van der Waals surface area contributed by atoms with E-state index in [1.807, 2.05) is 11.8 Å². The predicted molar refractivity (Wildman–Crippen MR) is 117 cm³/mol. The Morgan fingerprint density at radius 3 is 2.47 bits per heavy atom. The van der Waals surface area contributed by atoms with Crippen LogP contribution in [0.25, 0.3) is 0 Å². The van der Waals surface area contributed by atoms with Crippen LogP contribution in [-0.2, 0) is 11.3 Å². The minimum Gasteiger partial charge on any atom is -0.483 e. The molecule has 2 unspecified atom stereocenters. The lowest BCUT2D eigenvalue weighted by molar-refractivity contribution is -0.139. The number of carbonyl (C=O) groups excluding carboxylic acids is 2. The lowest BCUT2D eigenvalue weighted by Gasteiger charge is -2.44. The van der Waals surface area contributed by atoms with Crippen molar-refractivity contribution in [3.05, 3.63) is 63.9 Å². The van der Waals surface area contributed by atoms with Crippen molar-refractivity contribution in [1.29, 1.82) is 0 Å². The van der Waals surface area contributed by atoms with Gasteiger partial charge in [-0.25, -0.2) is 4.39 Å². The van der Waals surface area contributed by atoms with Crippen molar-refractivity contribution >= 4 is 27.6 Å². The molecule has 2 aromatic carbocycles. The number of nitrogens with zero attached hydrogens (tertiary/aromatic N) is 2. The van der Waals surface area contributed by atoms with E-state index in [2.05, 4.69) is 27.8 Å². The number of ketones is 1. The van der Waals surface area contributed by atoms with E-state index in [1.165, 1.54) is 19.1 Å². The van der Waals surface area contributed by atoms with Crippen LogP contribution >= 0.6 is 15.9 Å². The highest BCUT2D eigenvalue weighted by Crippen LogP contribution is 2.24. The maximum absolute atomic E-state index is 13.1. The average molecular weight is 477 g/mol. The molecule has 3 rings (SSSR count). The van der Waals surface area contributed by atoms with Gasteiger partial charge in [0.2, 0.25) is 0 Å². The van der Waals surface area contributed by atoms with Gasteiger partial charge in [0, 0.05) is 36.2 Å². The lowest BCUT2D eigenvalue weighted by atomic mass is 10.1. The maximum atomic E-state index is 13.1. The van der Waals surface area contributed by atoms with Gasteiger partial charge in [-0.15, -0.1) is 0 Å². The number of hydrogen-bond donors (Lipinski definition) is 0. The standard InChI is InChI=1S/C23H26BrFN2O3/c1-15-12-27(16(2)11-26(15)13-18-4-7-20(25)8-5-18)23(29)14-30-22-9-6-19(24)10-21(22)17(3)28/h4-10,15-16H,11-14H2,1-3H3. The minimum absolute atomic E-state index is 0.0231. The molecule has 0 radical (unpaired) electrons. The Hall–Kier alpha value is -2.25. The van der Waals surface area contributed by atoms with Crippen LogP contribution in [0, 0.1) is 5.82 Å². The molecule has 5 nitrogen and oxygen atoms in total. The van der Waals surface area contributed by atoms with Crippen molar-refractivity contribution in [3.8, 4) is 5.75 Å². The monoisotopic (exact) mass is 476 g/mol. The zero-order valence-electron chi connectivity index (χ0n) is 17.4. The summed E-state index contributed by atoms with van der Waals surface area (Å²) in [6.45, 7) is 7.48. The summed E-state index contributed by atoms with van der Waals surface area (Å²) < 4.78 is 19.6. The van der Waals surface area contributed by atoms with Gasteiger partial charge in [0.1, 0.15) is 11.6 Å². The average Bonchev–Trinajstić information content (AvgIpc) is 2.70. The van der Waals surface area contributed by atoms with Crippen molar-refractivity contribution in [2.75, 3.05) is 19.7 Å². The molecule has 0 bridgehead atoms. The van der Waals surface area contributed by atoms with E-state index >= 15 is 0 Å². The van der Waals surface area contributed by atoms with Gasteiger partial charge >= 0.3 is 0 Å². The Bertz CT molecular complexity index is 919. The molecular formula is C23H26BrFN2O3. The molecule has 1 saturated heterocycles. The first-order chi connectivity index (χ1) is 14.2. The molecule has 1 amide bonds. The third-order valence-corrected chi connectivity index (χ3v) is 5.90. The fourth-order valence-corrected chi connectivity index (χ4v) is 4.08. The fourth-order valence-electron chi connectivity index (χ4n) is 3.72. The SMILES string of the molecule is CC(=O)c1cc(Br)ccc1OCC(=O)N1CC(C)N(Cc2ccc(F)cc2)CC1C. The second kappa shape index (κ2) is 9.71. The van der Waals surface area contributed by atoms with Gasteiger partial charge in [-0.1, -0.05) is 28.1 Å². The quantitative estimate of drug-likeness (QED) is 0.583. The molecule has 0 N–H and O–H groups in total. The van der Waals surface area contributed by atoms with Crippen LogP contribution in [0.2, 0.25) is 0 Å². The van der Waals surface area contributed by atoms with Crippen molar-refractivity contribution < 1.29 is 18.7 Å². The zero-order chi connectivity index (χ0) is 21.8. The van der Waals surface area contributed by atoms with Crippen molar-refractivity contribution in [1.82, 2.24) is 9.80 Å². The molecule has 0 aromatic heterocycles. The van der Waals surface area contributed by atoms with Crippen LogP contribution in [0.4, 0.5) is 4.39 Å². The summed E-state index contributed by atoms with van der Waals surface area (Å²) in [6, 6.07) is 11.9. The van der Waals surface area contributed by atoms with Gasteiger partial charge in [-0.2, -0.15) is 0 Å². The number of ether oxygens (including phenoxy) is 1. The highest BCUT2D eigenvalue weighted by atomic mass is 79.9. The third kappa shape index (κ3) is 5.46. The summed E-state index contributed by atoms with van der Waals surface area (Å²) in [6.07, 6.45) is 0. The number of piperazine rings is 1. The van der Waals surface area contributed by atoms with Gasteiger partial charge in [0.25, 0.3) is 5.91 Å². The lowest BCUT2D eigenvalue weighted by Crippen LogP contribution is -2.58. The molecule has 0 aliphatic carbocycles. The van der Waals surface area contributed by atoms with E-state index in [-0.39, 0.29) is 36.2 Å². The molecule has 30 heavy (non-hydrogen) atoms. The number of benzene rings is 2. The topological polar surface area (TPSA) is 49.9 Å². The first kappa shape index (κ1) is 22.4. The molecule has 1 aliphatic rings. The van der Waals surface area contributed by atoms with Crippen LogP contribution < -0.4 is 4.74 Å². The highest BCUT2D eigenvalue weighted by Gasteiger charge is 2.32. The molecule has 160 valence electrons. The van der Waals surface area contributed by atoms with E-state index in [4.69, 9.17) is 4.74 Å². The maximum Gasteiger partial charge on any atom is 0.260 e. The largest absolute Gasteiger partial charge is 0.483 e. The molecule has 0 saturated carbocycles. The predicted octanol–water partition coefficient (Wildman–Crippen LogP) is 4.29. The summed E-state index contributed by atoms with van der Waals surface area (Å²) in [5.41, 5.74) is 1.49. The van der Waals surface area contributed by atoms with E-state index < -0.39 is 0 Å². The molecule has 1 fully saturated rings. The molecule has 1 heterocycles. The normalized spacial score (nSPS) is 19.6. The molecule has 0 spiro atoms. The van der Waals surface area contributed by atoms with Crippen LogP contribution in [-0.4, -0.2) is 53.3 Å².